The molecule has 0 aliphatic rings. The Morgan fingerprint density at radius 1 is 0.944 bits per heavy atom. The number of nitrogens with zero attached hydrogens (tertiary/aromatic N) is 1. The van der Waals surface area contributed by atoms with Crippen molar-refractivity contribution in [3.63, 3.8) is 0 Å². The van der Waals surface area contributed by atoms with Crippen LogP contribution in [-0.4, -0.2) is 37.3 Å². The summed E-state index contributed by atoms with van der Waals surface area (Å²) in [4.78, 5) is 25.9. The number of methoxy groups -OCH3 is 1. The van der Waals surface area contributed by atoms with E-state index in [1.165, 1.54) is 19.4 Å². The van der Waals surface area contributed by atoms with Gasteiger partial charge in [0, 0.05) is 22.0 Å². The zero-order valence-corrected chi connectivity index (χ0v) is 21.8. The lowest BCUT2D eigenvalue weighted by molar-refractivity contribution is -0.132. The first-order valence-corrected chi connectivity index (χ1v) is 12.0. The molecule has 188 valence electrons. The highest BCUT2D eigenvalue weighted by Gasteiger charge is 2.25. The van der Waals surface area contributed by atoms with E-state index in [4.69, 9.17) is 44.3 Å². The zero-order chi connectivity index (χ0) is 26.1. The Bertz CT molecular complexity index is 1240. The summed E-state index contributed by atoms with van der Waals surface area (Å²) in [5, 5.41) is 7.96. The van der Waals surface area contributed by atoms with E-state index in [0.717, 1.165) is 5.56 Å². The smallest absolute Gasteiger partial charge is 0.262 e. The molecule has 0 spiro atoms. The van der Waals surface area contributed by atoms with Crippen molar-refractivity contribution in [1.29, 1.82) is 0 Å². The van der Waals surface area contributed by atoms with Crippen molar-refractivity contribution >= 4 is 52.8 Å². The minimum absolute atomic E-state index is 0.239. The molecule has 0 aromatic heterocycles. The van der Waals surface area contributed by atoms with E-state index in [-0.39, 0.29) is 11.4 Å². The van der Waals surface area contributed by atoms with Crippen LogP contribution < -0.4 is 20.2 Å². The summed E-state index contributed by atoms with van der Waals surface area (Å²) >= 11 is 18.1. The van der Waals surface area contributed by atoms with Crippen LogP contribution in [0.1, 0.15) is 18.1 Å². The maximum atomic E-state index is 13.0. The fourth-order valence-electron chi connectivity index (χ4n) is 3.21. The van der Waals surface area contributed by atoms with Gasteiger partial charge < -0.3 is 14.8 Å². The van der Waals surface area contributed by atoms with Gasteiger partial charge in [-0.1, -0.05) is 65.1 Å². The van der Waals surface area contributed by atoms with E-state index >= 15 is 0 Å². The van der Waals surface area contributed by atoms with Crippen molar-refractivity contribution in [2.75, 3.05) is 7.11 Å². The summed E-state index contributed by atoms with van der Waals surface area (Å²) < 4.78 is 11.0. The van der Waals surface area contributed by atoms with Gasteiger partial charge in [0.1, 0.15) is 17.5 Å². The number of hydrazone groups is 1. The van der Waals surface area contributed by atoms with Crippen LogP contribution in [0.3, 0.4) is 0 Å². The molecule has 0 aliphatic carbocycles. The van der Waals surface area contributed by atoms with Gasteiger partial charge in [0.2, 0.25) is 0 Å². The van der Waals surface area contributed by atoms with Crippen LogP contribution in [0.25, 0.3) is 0 Å². The van der Waals surface area contributed by atoms with Crippen molar-refractivity contribution in [3.05, 3.63) is 92.9 Å². The van der Waals surface area contributed by atoms with Gasteiger partial charge in [-0.2, -0.15) is 5.10 Å². The summed E-state index contributed by atoms with van der Waals surface area (Å²) in [7, 11) is 1.52. The molecular formula is C26H24Cl3N3O4. The van der Waals surface area contributed by atoms with E-state index < -0.39 is 24.0 Å². The Labute approximate surface area is 224 Å². The van der Waals surface area contributed by atoms with Gasteiger partial charge in [-0.05, 0) is 48.9 Å². The molecule has 0 unspecified atom stereocenters. The van der Waals surface area contributed by atoms with Crippen molar-refractivity contribution < 1.29 is 19.1 Å². The van der Waals surface area contributed by atoms with Gasteiger partial charge in [0.25, 0.3) is 11.8 Å². The lowest BCUT2D eigenvalue weighted by atomic mass is 10.1. The van der Waals surface area contributed by atoms with E-state index in [9.17, 15) is 9.59 Å². The van der Waals surface area contributed by atoms with E-state index in [1.807, 2.05) is 30.3 Å². The van der Waals surface area contributed by atoms with Crippen LogP contribution in [0, 0.1) is 0 Å². The highest BCUT2D eigenvalue weighted by Crippen LogP contribution is 2.28. The standard InChI is InChI=1S/C26H24Cl3N3O4/c1-16(36-24-11-9-20(28)14-21(24)29)25(33)31-22(12-17-6-4-3-5-7-17)26(34)32-30-15-18-13-19(27)8-10-23(18)35-2/h3-11,13-16,22H,12H2,1-2H3,(H,31,33)(H,32,34)/b30-15-/t16-,22-/m1/s1. The molecular weight excluding hydrogens is 525 g/mol. The van der Waals surface area contributed by atoms with Crippen LogP contribution in [0.15, 0.2) is 71.8 Å². The number of halogens is 3. The second-order valence-corrected chi connectivity index (χ2v) is 8.99. The first-order valence-electron chi connectivity index (χ1n) is 10.9. The molecule has 36 heavy (non-hydrogen) atoms. The maximum Gasteiger partial charge on any atom is 0.262 e. The van der Waals surface area contributed by atoms with Gasteiger partial charge in [-0.25, -0.2) is 5.43 Å². The summed E-state index contributed by atoms with van der Waals surface area (Å²) in [5.41, 5.74) is 3.91. The summed E-state index contributed by atoms with van der Waals surface area (Å²) in [5.74, 6) is -0.176. The fraction of sp³-hybridized carbons (Fsp3) is 0.192. The van der Waals surface area contributed by atoms with Gasteiger partial charge in [0.05, 0.1) is 18.3 Å². The highest BCUT2D eigenvalue weighted by molar-refractivity contribution is 6.35. The number of hydrogen-bond donors (Lipinski definition) is 2. The number of carbonyl (C=O) groups is 2. The van der Waals surface area contributed by atoms with E-state index in [1.54, 1.807) is 37.3 Å². The molecule has 2 atom stereocenters. The Morgan fingerprint density at radius 2 is 1.61 bits per heavy atom. The number of benzene rings is 3. The predicted octanol–water partition coefficient (Wildman–Crippen LogP) is 5.30. The second kappa shape index (κ2) is 13.2. The van der Waals surface area contributed by atoms with Crippen molar-refractivity contribution in [2.24, 2.45) is 5.10 Å². The molecule has 3 aromatic carbocycles. The molecule has 0 fully saturated rings. The SMILES string of the molecule is COc1ccc(Cl)cc1/C=N\NC(=O)[C@@H](Cc1ccccc1)NC(=O)[C@@H](C)Oc1ccc(Cl)cc1Cl. The van der Waals surface area contributed by atoms with Gasteiger partial charge in [0.15, 0.2) is 6.10 Å². The number of ether oxygens (including phenoxy) is 2. The average molecular weight is 549 g/mol. The van der Waals surface area contributed by atoms with Crippen LogP contribution in [-0.2, 0) is 16.0 Å². The Kier molecular flexibility index (Phi) is 9.99. The number of carbonyl (C=O) groups excluding carboxylic acids is 2. The molecule has 0 aliphatic heterocycles. The lowest BCUT2D eigenvalue weighted by Crippen LogP contribution is -2.50. The highest BCUT2D eigenvalue weighted by atomic mass is 35.5. The lowest BCUT2D eigenvalue weighted by Gasteiger charge is -2.21. The van der Waals surface area contributed by atoms with Crippen molar-refractivity contribution in [2.45, 2.75) is 25.5 Å². The van der Waals surface area contributed by atoms with Gasteiger partial charge in [-0.15, -0.1) is 0 Å². The number of hydrogen-bond acceptors (Lipinski definition) is 5. The minimum Gasteiger partial charge on any atom is -0.496 e. The van der Waals surface area contributed by atoms with Gasteiger partial charge >= 0.3 is 0 Å². The fourth-order valence-corrected chi connectivity index (χ4v) is 3.85. The van der Waals surface area contributed by atoms with Crippen LogP contribution in [0.5, 0.6) is 11.5 Å². The molecule has 10 heteroatoms. The molecule has 0 radical (unpaired) electrons. The largest absolute Gasteiger partial charge is 0.496 e. The van der Waals surface area contributed by atoms with Gasteiger partial charge in [-0.3, -0.25) is 9.59 Å². The quantitative estimate of drug-likeness (QED) is 0.266. The monoisotopic (exact) mass is 547 g/mol. The molecule has 0 heterocycles. The van der Waals surface area contributed by atoms with Crippen LogP contribution >= 0.6 is 34.8 Å². The molecule has 3 rings (SSSR count). The topological polar surface area (TPSA) is 89.0 Å². The first-order chi connectivity index (χ1) is 17.3. The predicted molar refractivity (Wildman–Crippen MR) is 142 cm³/mol. The summed E-state index contributed by atoms with van der Waals surface area (Å²) in [6.45, 7) is 1.56. The molecule has 0 bridgehead atoms. The van der Waals surface area contributed by atoms with Crippen molar-refractivity contribution in [3.8, 4) is 11.5 Å². The molecule has 2 N–H and O–H groups in total. The normalized spacial score (nSPS) is 12.6. The number of nitrogens with one attached hydrogen (secondary N) is 2. The number of amides is 2. The molecule has 0 saturated heterocycles. The molecule has 2 amide bonds. The van der Waals surface area contributed by atoms with E-state index in [0.29, 0.717) is 27.1 Å². The number of rotatable bonds is 10. The zero-order valence-electron chi connectivity index (χ0n) is 19.5. The molecule has 7 nitrogen and oxygen atoms in total. The van der Waals surface area contributed by atoms with Crippen LogP contribution in [0.2, 0.25) is 15.1 Å². The third-order valence-electron chi connectivity index (χ3n) is 5.05. The minimum atomic E-state index is -0.936. The average Bonchev–Trinajstić information content (AvgIpc) is 2.86. The summed E-state index contributed by atoms with van der Waals surface area (Å²) in [6.07, 6.45) is 0.718. The molecule has 3 aromatic rings. The third kappa shape index (κ3) is 7.88. The maximum absolute atomic E-state index is 13.0. The summed E-state index contributed by atoms with van der Waals surface area (Å²) in [6, 6.07) is 18.1. The van der Waals surface area contributed by atoms with Crippen molar-refractivity contribution in [1.82, 2.24) is 10.7 Å². The Balaban J connectivity index is 1.71. The Morgan fingerprint density at radius 3 is 2.28 bits per heavy atom. The molecule has 0 saturated carbocycles. The van der Waals surface area contributed by atoms with Crippen LogP contribution in [0.4, 0.5) is 0 Å². The third-order valence-corrected chi connectivity index (χ3v) is 5.82. The Hall–Kier alpha value is -3.26. The van der Waals surface area contributed by atoms with E-state index in [2.05, 4.69) is 15.8 Å². The second-order valence-electron chi connectivity index (χ2n) is 7.71. The first kappa shape index (κ1) is 27.3.